The number of para-hydroxylation sites is 1. The Balaban J connectivity index is 1.47. The van der Waals surface area contributed by atoms with Gasteiger partial charge in [0, 0.05) is 23.0 Å². The van der Waals surface area contributed by atoms with Crippen LogP contribution in [0, 0.1) is 0 Å². The van der Waals surface area contributed by atoms with Gasteiger partial charge in [0.2, 0.25) is 5.91 Å². The van der Waals surface area contributed by atoms with E-state index in [4.69, 9.17) is 0 Å². The molecule has 3 rings (SSSR count). The van der Waals surface area contributed by atoms with Gasteiger partial charge in [0.25, 0.3) is 5.91 Å². The Kier molecular flexibility index (Phi) is 6.25. The fourth-order valence-electron chi connectivity index (χ4n) is 3.16. The maximum atomic E-state index is 12.3. The van der Waals surface area contributed by atoms with Gasteiger partial charge in [0.15, 0.2) is 0 Å². The Bertz CT molecular complexity index is 723. The molecule has 2 aromatic carbocycles. The largest absolute Gasteiger partial charge is 0.376 e. The summed E-state index contributed by atoms with van der Waals surface area (Å²) in [6, 6.07) is 16.9. The van der Waals surface area contributed by atoms with Crippen molar-refractivity contribution in [2.75, 3.05) is 17.2 Å². The van der Waals surface area contributed by atoms with Crippen LogP contribution in [0.15, 0.2) is 54.6 Å². The summed E-state index contributed by atoms with van der Waals surface area (Å²) in [4.78, 5) is 24.3. The fraction of sp³-hybridized carbons (Fsp3) is 0.333. The predicted octanol–water partition coefficient (Wildman–Crippen LogP) is 3.80. The summed E-state index contributed by atoms with van der Waals surface area (Å²) in [5.74, 6) is -0.172. The molecule has 0 saturated heterocycles. The van der Waals surface area contributed by atoms with E-state index in [0.717, 1.165) is 18.5 Å². The minimum absolute atomic E-state index is 0.0412. The molecule has 26 heavy (non-hydrogen) atoms. The molecule has 0 aliphatic heterocycles. The lowest BCUT2D eigenvalue weighted by molar-refractivity contribution is -0.114. The number of carbonyl (C=O) groups excluding carboxylic acids is 2. The van der Waals surface area contributed by atoms with Crippen molar-refractivity contribution in [3.05, 3.63) is 60.2 Å². The van der Waals surface area contributed by atoms with Gasteiger partial charge in [-0.2, -0.15) is 0 Å². The molecule has 0 atom stereocenters. The summed E-state index contributed by atoms with van der Waals surface area (Å²) < 4.78 is 0. The lowest BCUT2D eigenvalue weighted by atomic mass is 9.95. The van der Waals surface area contributed by atoms with Crippen LogP contribution >= 0.6 is 0 Å². The van der Waals surface area contributed by atoms with Crippen molar-refractivity contribution in [1.29, 1.82) is 0 Å². The van der Waals surface area contributed by atoms with Crippen LogP contribution in [-0.4, -0.2) is 24.4 Å². The van der Waals surface area contributed by atoms with E-state index in [1.54, 1.807) is 24.3 Å². The first kappa shape index (κ1) is 18.0. The van der Waals surface area contributed by atoms with Gasteiger partial charge in [-0.05, 0) is 49.2 Å². The lowest BCUT2D eigenvalue weighted by Gasteiger charge is -2.22. The van der Waals surface area contributed by atoms with E-state index in [1.165, 1.54) is 19.3 Å². The molecule has 5 nitrogen and oxygen atoms in total. The molecule has 1 saturated carbocycles. The summed E-state index contributed by atoms with van der Waals surface area (Å²) in [5.41, 5.74) is 2.20. The van der Waals surface area contributed by atoms with Crippen molar-refractivity contribution < 1.29 is 9.59 Å². The Morgan fingerprint density at radius 1 is 0.846 bits per heavy atom. The second kappa shape index (κ2) is 9.04. The quantitative estimate of drug-likeness (QED) is 0.741. The van der Waals surface area contributed by atoms with Crippen LogP contribution in [-0.2, 0) is 4.79 Å². The van der Waals surface area contributed by atoms with Gasteiger partial charge in [-0.3, -0.25) is 9.59 Å². The number of anilines is 2. The van der Waals surface area contributed by atoms with E-state index in [1.807, 2.05) is 30.3 Å². The molecule has 1 aliphatic rings. The van der Waals surface area contributed by atoms with Gasteiger partial charge in [0.1, 0.15) is 0 Å². The molecular weight excluding hydrogens is 326 g/mol. The highest BCUT2D eigenvalue weighted by molar-refractivity contribution is 5.96. The number of nitrogens with one attached hydrogen (secondary N) is 3. The highest BCUT2D eigenvalue weighted by Gasteiger charge is 2.16. The van der Waals surface area contributed by atoms with Gasteiger partial charge in [-0.15, -0.1) is 0 Å². The van der Waals surface area contributed by atoms with E-state index in [9.17, 15) is 9.59 Å². The summed E-state index contributed by atoms with van der Waals surface area (Å²) in [7, 11) is 0. The van der Waals surface area contributed by atoms with E-state index in [2.05, 4.69) is 16.0 Å². The van der Waals surface area contributed by atoms with Crippen LogP contribution in [0.25, 0.3) is 0 Å². The smallest absolute Gasteiger partial charge is 0.251 e. The van der Waals surface area contributed by atoms with Crippen molar-refractivity contribution >= 4 is 23.2 Å². The summed E-state index contributed by atoms with van der Waals surface area (Å²) in [6.45, 7) is 0.188. The molecule has 136 valence electrons. The molecule has 0 aromatic heterocycles. The Hall–Kier alpha value is -2.82. The number of hydrogen-bond acceptors (Lipinski definition) is 3. The van der Waals surface area contributed by atoms with Crippen molar-refractivity contribution in [3.8, 4) is 0 Å². The molecule has 1 aliphatic carbocycles. The van der Waals surface area contributed by atoms with E-state index in [0.29, 0.717) is 17.3 Å². The molecule has 0 bridgehead atoms. The Morgan fingerprint density at radius 3 is 2.23 bits per heavy atom. The maximum Gasteiger partial charge on any atom is 0.251 e. The molecule has 3 N–H and O–H groups in total. The summed E-state index contributed by atoms with van der Waals surface area (Å²) in [6.07, 6.45) is 5.77. The molecular formula is C21H25N3O2. The zero-order valence-electron chi connectivity index (χ0n) is 14.8. The van der Waals surface area contributed by atoms with Crippen LogP contribution in [0.3, 0.4) is 0 Å². The summed E-state index contributed by atoms with van der Waals surface area (Å²) in [5, 5.41) is 8.99. The van der Waals surface area contributed by atoms with E-state index in [-0.39, 0.29) is 18.4 Å². The molecule has 5 heteroatoms. The van der Waals surface area contributed by atoms with Gasteiger partial charge in [0.05, 0.1) is 6.54 Å². The van der Waals surface area contributed by atoms with Gasteiger partial charge < -0.3 is 16.0 Å². The fourth-order valence-corrected chi connectivity index (χ4v) is 3.16. The molecule has 0 radical (unpaired) electrons. The van der Waals surface area contributed by atoms with Gasteiger partial charge in [-0.1, -0.05) is 37.5 Å². The van der Waals surface area contributed by atoms with Crippen molar-refractivity contribution in [3.63, 3.8) is 0 Å². The SMILES string of the molecule is O=C(CNc1ccccc1)Nc1ccc(C(=O)NC2CCCCC2)cc1. The average Bonchev–Trinajstić information content (AvgIpc) is 2.68. The lowest BCUT2D eigenvalue weighted by Crippen LogP contribution is -2.36. The standard InChI is InChI=1S/C21H25N3O2/c25-20(15-22-17-7-3-1-4-8-17)23-19-13-11-16(12-14-19)21(26)24-18-9-5-2-6-10-18/h1,3-4,7-8,11-14,18,22H,2,5-6,9-10,15H2,(H,23,25)(H,24,26). The Labute approximate surface area is 154 Å². The zero-order chi connectivity index (χ0) is 18.2. The van der Waals surface area contributed by atoms with Crippen LogP contribution in [0.4, 0.5) is 11.4 Å². The first-order chi connectivity index (χ1) is 12.7. The monoisotopic (exact) mass is 351 g/mol. The minimum Gasteiger partial charge on any atom is -0.376 e. The van der Waals surface area contributed by atoms with Crippen molar-refractivity contribution in [1.82, 2.24) is 5.32 Å². The van der Waals surface area contributed by atoms with Crippen LogP contribution in [0.1, 0.15) is 42.5 Å². The first-order valence-corrected chi connectivity index (χ1v) is 9.20. The number of hydrogen-bond donors (Lipinski definition) is 3. The second-order valence-corrected chi connectivity index (χ2v) is 6.65. The third kappa shape index (κ3) is 5.34. The highest BCUT2D eigenvalue weighted by atomic mass is 16.2. The second-order valence-electron chi connectivity index (χ2n) is 6.65. The third-order valence-corrected chi connectivity index (χ3v) is 4.60. The van der Waals surface area contributed by atoms with Crippen molar-refractivity contribution in [2.24, 2.45) is 0 Å². The normalized spacial score (nSPS) is 14.5. The van der Waals surface area contributed by atoms with E-state index < -0.39 is 0 Å². The highest BCUT2D eigenvalue weighted by Crippen LogP contribution is 2.18. The number of rotatable bonds is 6. The number of carbonyl (C=O) groups is 2. The third-order valence-electron chi connectivity index (χ3n) is 4.60. The number of benzene rings is 2. The molecule has 2 amide bonds. The van der Waals surface area contributed by atoms with Gasteiger partial charge in [-0.25, -0.2) is 0 Å². The molecule has 0 unspecified atom stereocenters. The predicted molar refractivity (Wildman–Crippen MR) is 104 cm³/mol. The Morgan fingerprint density at radius 2 is 1.54 bits per heavy atom. The van der Waals surface area contributed by atoms with Crippen LogP contribution in [0.2, 0.25) is 0 Å². The molecule has 0 heterocycles. The molecule has 2 aromatic rings. The van der Waals surface area contributed by atoms with Gasteiger partial charge >= 0.3 is 0 Å². The maximum absolute atomic E-state index is 12.3. The zero-order valence-corrected chi connectivity index (χ0v) is 14.8. The summed E-state index contributed by atoms with van der Waals surface area (Å²) >= 11 is 0. The first-order valence-electron chi connectivity index (χ1n) is 9.20. The van der Waals surface area contributed by atoms with E-state index >= 15 is 0 Å². The van der Waals surface area contributed by atoms with Crippen LogP contribution < -0.4 is 16.0 Å². The number of amides is 2. The van der Waals surface area contributed by atoms with Crippen LogP contribution in [0.5, 0.6) is 0 Å². The minimum atomic E-state index is -0.131. The average molecular weight is 351 g/mol. The molecule has 1 fully saturated rings. The molecule has 0 spiro atoms. The topological polar surface area (TPSA) is 70.2 Å². The van der Waals surface area contributed by atoms with Crippen molar-refractivity contribution in [2.45, 2.75) is 38.1 Å².